The quantitative estimate of drug-likeness (QED) is 0.710. The Morgan fingerprint density at radius 3 is 3.00 bits per heavy atom. The van der Waals surface area contributed by atoms with Crippen LogP contribution in [0.25, 0.3) is 11.2 Å². The average molecular weight is 241 g/mol. The third-order valence-electron chi connectivity index (χ3n) is 2.88. The van der Waals surface area contributed by atoms with Crippen LogP contribution in [0.4, 0.5) is 0 Å². The summed E-state index contributed by atoms with van der Waals surface area (Å²) in [5, 5.41) is 9.36. The van der Waals surface area contributed by atoms with Crippen LogP contribution < -0.4 is 5.69 Å². The van der Waals surface area contributed by atoms with E-state index in [4.69, 9.17) is 11.6 Å². The third kappa shape index (κ3) is 1.34. The highest BCUT2D eigenvalue weighted by Crippen LogP contribution is 2.32. The molecular weight excluding hydrogens is 232 g/mol. The molecule has 3 rings (SSSR count). The lowest BCUT2D eigenvalue weighted by molar-refractivity contribution is 0.0487. The molecule has 2 N–H and O–H groups in total. The molecule has 2 heterocycles. The van der Waals surface area contributed by atoms with E-state index in [-0.39, 0.29) is 23.1 Å². The van der Waals surface area contributed by atoms with Gasteiger partial charge < -0.3 is 10.1 Å². The van der Waals surface area contributed by atoms with Gasteiger partial charge in [0.2, 0.25) is 5.28 Å². The number of nitrogens with one attached hydrogen (secondary N) is 1. The summed E-state index contributed by atoms with van der Waals surface area (Å²) >= 11 is 5.69. The van der Waals surface area contributed by atoms with Crippen molar-refractivity contribution in [1.29, 1.82) is 0 Å². The van der Waals surface area contributed by atoms with E-state index in [1.165, 1.54) is 10.8 Å². The lowest BCUT2D eigenvalue weighted by atomic mass is 9.89. The number of H-pyrrole nitrogens is 1. The SMILES string of the molecule is O=c1[nH]c2cnc(Cl)nc2n1C1CC(O)C1. The van der Waals surface area contributed by atoms with Crippen LogP contribution in [0, 0.1) is 0 Å². The maximum absolute atomic E-state index is 11.7. The first-order valence-electron chi connectivity index (χ1n) is 4.96. The molecule has 0 bridgehead atoms. The van der Waals surface area contributed by atoms with Gasteiger partial charge in [0, 0.05) is 6.04 Å². The summed E-state index contributed by atoms with van der Waals surface area (Å²) in [5.74, 6) is 0. The number of aliphatic hydroxyl groups excluding tert-OH is 1. The molecule has 0 saturated heterocycles. The van der Waals surface area contributed by atoms with E-state index in [1.54, 1.807) is 0 Å². The molecule has 84 valence electrons. The van der Waals surface area contributed by atoms with Gasteiger partial charge in [0.1, 0.15) is 5.52 Å². The highest BCUT2D eigenvalue weighted by atomic mass is 35.5. The molecule has 1 aliphatic carbocycles. The van der Waals surface area contributed by atoms with Crippen molar-refractivity contribution in [2.75, 3.05) is 0 Å². The van der Waals surface area contributed by atoms with E-state index in [2.05, 4.69) is 15.0 Å². The second kappa shape index (κ2) is 3.29. The van der Waals surface area contributed by atoms with Crippen molar-refractivity contribution < 1.29 is 5.11 Å². The Hall–Kier alpha value is -1.40. The molecule has 1 fully saturated rings. The Bertz CT molecular complexity index is 599. The molecule has 6 nitrogen and oxygen atoms in total. The standard InChI is InChI=1S/C9H9ClN4O2/c10-8-11-3-6-7(13-8)14(9(16)12-6)4-1-5(15)2-4/h3-5,15H,1-2H2,(H,12,16). The highest BCUT2D eigenvalue weighted by molar-refractivity contribution is 6.28. The van der Waals surface area contributed by atoms with E-state index in [1.807, 2.05) is 0 Å². The van der Waals surface area contributed by atoms with E-state index in [9.17, 15) is 9.90 Å². The first kappa shape index (κ1) is 9.80. The smallest absolute Gasteiger partial charge is 0.327 e. The number of hydrogen-bond donors (Lipinski definition) is 2. The molecule has 1 aliphatic rings. The normalized spacial score (nSPS) is 24.6. The van der Waals surface area contributed by atoms with E-state index < -0.39 is 0 Å². The van der Waals surface area contributed by atoms with Gasteiger partial charge in [-0.15, -0.1) is 0 Å². The van der Waals surface area contributed by atoms with Gasteiger partial charge in [0.25, 0.3) is 0 Å². The Morgan fingerprint density at radius 2 is 2.31 bits per heavy atom. The van der Waals surface area contributed by atoms with Crippen molar-refractivity contribution in [3.05, 3.63) is 22.0 Å². The summed E-state index contributed by atoms with van der Waals surface area (Å²) in [5.41, 5.74) is 0.834. The second-order valence-corrected chi connectivity index (χ2v) is 4.29. The van der Waals surface area contributed by atoms with Crippen LogP contribution in [0.3, 0.4) is 0 Å². The number of aromatic nitrogens is 4. The lowest BCUT2D eigenvalue weighted by Gasteiger charge is -2.31. The molecule has 16 heavy (non-hydrogen) atoms. The maximum Gasteiger partial charge on any atom is 0.327 e. The van der Waals surface area contributed by atoms with Gasteiger partial charge in [0.05, 0.1) is 12.3 Å². The molecular formula is C9H9ClN4O2. The lowest BCUT2D eigenvalue weighted by Crippen LogP contribution is -2.35. The van der Waals surface area contributed by atoms with Crippen LogP contribution in [-0.4, -0.2) is 30.7 Å². The zero-order valence-corrected chi connectivity index (χ0v) is 8.98. The van der Waals surface area contributed by atoms with Crippen molar-refractivity contribution in [2.45, 2.75) is 25.0 Å². The minimum absolute atomic E-state index is 0.00205. The van der Waals surface area contributed by atoms with Crippen LogP contribution in [0.2, 0.25) is 5.28 Å². The minimum Gasteiger partial charge on any atom is -0.393 e. The topological polar surface area (TPSA) is 83.8 Å². The van der Waals surface area contributed by atoms with Crippen molar-refractivity contribution in [1.82, 2.24) is 19.5 Å². The summed E-state index contributed by atoms with van der Waals surface area (Å²) in [6.45, 7) is 0. The number of halogens is 1. The van der Waals surface area contributed by atoms with Gasteiger partial charge in [0.15, 0.2) is 5.65 Å². The number of hydrogen-bond acceptors (Lipinski definition) is 4. The second-order valence-electron chi connectivity index (χ2n) is 3.96. The maximum atomic E-state index is 11.7. The molecule has 0 atom stereocenters. The molecule has 2 aromatic heterocycles. The number of fused-ring (bicyclic) bond motifs is 1. The number of aliphatic hydroxyl groups is 1. The molecule has 0 amide bonds. The Balaban J connectivity index is 2.18. The molecule has 0 aromatic carbocycles. The minimum atomic E-state index is -0.320. The fraction of sp³-hybridized carbons (Fsp3) is 0.444. The van der Waals surface area contributed by atoms with Gasteiger partial charge in [-0.2, -0.15) is 4.98 Å². The van der Waals surface area contributed by atoms with Gasteiger partial charge in [-0.05, 0) is 24.4 Å². The first-order chi connectivity index (χ1) is 7.65. The van der Waals surface area contributed by atoms with Crippen LogP contribution in [0.15, 0.2) is 11.0 Å². The fourth-order valence-electron chi connectivity index (χ4n) is 2.00. The molecule has 0 aliphatic heterocycles. The van der Waals surface area contributed by atoms with Crippen LogP contribution in [0.1, 0.15) is 18.9 Å². The molecule has 0 radical (unpaired) electrons. The summed E-state index contributed by atoms with van der Waals surface area (Å²) in [7, 11) is 0. The average Bonchev–Trinajstić information content (AvgIpc) is 2.49. The monoisotopic (exact) mass is 240 g/mol. The molecule has 0 unspecified atom stereocenters. The van der Waals surface area contributed by atoms with Gasteiger partial charge >= 0.3 is 5.69 Å². The Morgan fingerprint density at radius 1 is 1.56 bits per heavy atom. The highest BCUT2D eigenvalue weighted by Gasteiger charge is 2.31. The number of rotatable bonds is 1. The summed E-state index contributed by atoms with van der Waals surface area (Å²) in [6.07, 6.45) is 2.32. The molecule has 0 spiro atoms. The van der Waals surface area contributed by atoms with Crippen LogP contribution in [-0.2, 0) is 0 Å². The zero-order valence-electron chi connectivity index (χ0n) is 8.22. The Kier molecular flexibility index (Phi) is 2.02. The predicted octanol–water partition coefficient (Wildman–Crippen LogP) is 0.469. The summed E-state index contributed by atoms with van der Waals surface area (Å²) < 4.78 is 1.54. The molecule has 2 aromatic rings. The van der Waals surface area contributed by atoms with Crippen molar-refractivity contribution in [3.63, 3.8) is 0 Å². The van der Waals surface area contributed by atoms with E-state index >= 15 is 0 Å². The third-order valence-corrected chi connectivity index (χ3v) is 3.06. The number of imidazole rings is 1. The molecule has 1 saturated carbocycles. The van der Waals surface area contributed by atoms with Crippen LogP contribution in [0.5, 0.6) is 0 Å². The van der Waals surface area contributed by atoms with Gasteiger partial charge in [-0.1, -0.05) is 0 Å². The van der Waals surface area contributed by atoms with Crippen molar-refractivity contribution >= 4 is 22.8 Å². The first-order valence-corrected chi connectivity index (χ1v) is 5.34. The van der Waals surface area contributed by atoms with Crippen molar-refractivity contribution in [3.8, 4) is 0 Å². The predicted molar refractivity (Wildman–Crippen MR) is 57.4 cm³/mol. The largest absolute Gasteiger partial charge is 0.393 e. The van der Waals surface area contributed by atoms with Crippen LogP contribution >= 0.6 is 11.6 Å². The zero-order chi connectivity index (χ0) is 11.3. The summed E-state index contributed by atoms with van der Waals surface area (Å²) in [4.78, 5) is 22.2. The van der Waals surface area contributed by atoms with E-state index in [0.717, 1.165) is 0 Å². The number of aromatic amines is 1. The Labute approximate surface area is 94.9 Å². The van der Waals surface area contributed by atoms with Gasteiger partial charge in [-0.25, -0.2) is 9.78 Å². The van der Waals surface area contributed by atoms with E-state index in [0.29, 0.717) is 24.0 Å². The molecule has 7 heteroatoms. The van der Waals surface area contributed by atoms with Gasteiger partial charge in [-0.3, -0.25) is 4.57 Å². The fourth-order valence-corrected chi connectivity index (χ4v) is 2.13. The summed E-state index contributed by atoms with van der Waals surface area (Å²) in [6, 6.07) is 0.00205. The van der Waals surface area contributed by atoms with Crippen molar-refractivity contribution in [2.24, 2.45) is 0 Å². The number of nitrogens with zero attached hydrogens (tertiary/aromatic N) is 3.